The summed E-state index contributed by atoms with van der Waals surface area (Å²) in [7, 11) is 1.74. The van der Waals surface area contributed by atoms with E-state index in [1.165, 1.54) is 37.7 Å². The predicted molar refractivity (Wildman–Crippen MR) is 89.9 cm³/mol. The lowest BCUT2D eigenvalue weighted by Gasteiger charge is -2.34. The molecule has 1 aliphatic rings. The maximum Gasteiger partial charge on any atom is 0.119 e. The first kappa shape index (κ1) is 16.4. The molecule has 118 valence electrons. The van der Waals surface area contributed by atoms with Crippen LogP contribution in [-0.2, 0) is 6.42 Å². The number of rotatable bonds is 7. The molecule has 0 aliphatic heterocycles. The van der Waals surface area contributed by atoms with Crippen molar-refractivity contribution in [1.29, 1.82) is 0 Å². The molecule has 2 rings (SSSR count). The summed E-state index contributed by atoms with van der Waals surface area (Å²) in [4.78, 5) is 0. The fourth-order valence-corrected chi connectivity index (χ4v) is 3.64. The second-order valence-electron chi connectivity index (χ2n) is 6.65. The molecule has 1 saturated carbocycles. The molecule has 3 unspecified atom stereocenters. The second-order valence-corrected chi connectivity index (χ2v) is 6.65. The van der Waals surface area contributed by atoms with Crippen molar-refractivity contribution in [3.63, 3.8) is 0 Å². The van der Waals surface area contributed by atoms with E-state index in [0.717, 1.165) is 30.6 Å². The van der Waals surface area contributed by atoms with Crippen LogP contribution < -0.4 is 10.1 Å². The first-order chi connectivity index (χ1) is 10.2. The van der Waals surface area contributed by atoms with Crippen molar-refractivity contribution in [3.8, 4) is 5.75 Å². The van der Waals surface area contributed by atoms with E-state index in [2.05, 4.69) is 37.4 Å². The molecule has 1 aromatic carbocycles. The fraction of sp³-hybridized carbons (Fsp3) is 0.684. The molecule has 0 aromatic heterocycles. The highest BCUT2D eigenvalue weighted by Gasteiger charge is 2.26. The van der Waals surface area contributed by atoms with Crippen molar-refractivity contribution < 1.29 is 4.74 Å². The van der Waals surface area contributed by atoms with E-state index in [-0.39, 0.29) is 0 Å². The van der Waals surface area contributed by atoms with Crippen LogP contribution in [0.25, 0.3) is 0 Å². The highest BCUT2D eigenvalue weighted by molar-refractivity contribution is 5.29. The smallest absolute Gasteiger partial charge is 0.119 e. The Morgan fingerprint density at radius 1 is 1.33 bits per heavy atom. The topological polar surface area (TPSA) is 21.3 Å². The van der Waals surface area contributed by atoms with Crippen LogP contribution in [0.3, 0.4) is 0 Å². The molecule has 0 bridgehead atoms. The van der Waals surface area contributed by atoms with Crippen molar-refractivity contribution in [2.24, 2.45) is 11.8 Å². The summed E-state index contributed by atoms with van der Waals surface area (Å²) in [5, 5.41) is 3.80. The molecule has 1 N–H and O–H groups in total. The Bertz CT molecular complexity index is 418. The Morgan fingerprint density at radius 3 is 2.90 bits per heavy atom. The van der Waals surface area contributed by atoms with E-state index in [4.69, 9.17) is 4.74 Å². The molecule has 0 radical (unpaired) electrons. The number of ether oxygens (including phenoxy) is 1. The third-order valence-electron chi connectivity index (χ3n) is 4.79. The number of benzene rings is 1. The van der Waals surface area contributed by atoms with Crippen LogP contribution in [-0.4, -0.2) is 19.7 Å². The molecular weight excluding hydrogens is 258 g/mol. The Balaban J connectivity index is 2.04. The normalized spacial score (nSPS) is 23.8. The SMILES string of the molecule is CCCNC(Cc1cccc(OC)c1)C1CCCC(C)C1. The van der Waals surface area contributed by atoms with E-state index in [0.29, 0.717) is 6.04 Å². The Kier molecular flexibility index (Phi) is 6.56. The van der Waals surface area contributed by atoms with Crippen molar-refractivity contribution in [2.75, 3.05) is 13.7 Å². The molecule has 1 aromatic rings. The van der Waals surface area contributed by atoms with Gasteiger partial charge in [0.25, 0.3) is 0 Å². The van der Waals surface area contributed by atoms with E-state index >= 15 is 0 Å². The summed E-state index contributed by atoms with van der Waals surface area (Å²) in [6.45, 7) is 5.78. The minimum absolute atomic E-state index is 0.611. The maximum absolute atomic E-state index is 5.36. The van der Waals surface area contributed by atoms with Crippen LogP contribution in [0, 0.1) is 11.8 Å². The third-order valence-corrected chi connectivity index (χ3v) is 4.79. The first-order valence-electron chi connectivity index (χ1n) is 8.59. The van der Waals surface area contributed by atoms with Gasteiger partial charge in [0.05, 0.1) is 7.11 Å². The van der Waals surface area contributed by atoms with Crippen LogP contribution in [0.1, 0.15) is 51.5 Å². The van der Waals surface area contributed by atoms with Gasteiger partial charge in [-0.3, -0.25) is 0 Å². The largest absolute Gasteiger partial charge is 0.497 e. The summed E-state index contributed by atoms with van der Waals surface area (Å²) in [5.74, 6) is 2.69. The Morgan fingerprint density at radius 2 is 2.19 bits per heavy atom. The van der Waals surface area contributed by atoms with Gasteiger partial charge in [0, 0.05) is 6.04 Å². The summed E-state index contributed by atoms with van der Waals surface area (Å²) in [5.41, 5.74) is 1.39. The molecule has 0 heterocycles. The van der Waals surface area contributed by atoms with Crippen LogP contribution in [0.2, 0.25) is 0 Å². The molecule has 21 heavy (non-hydrogen) atoms. The zero-order chi connectivity index (χ0) is 15.1. The van der Waals surface area contributed by atoms with Crippen LogP contribution in [0.15, 0.2) is 24.3 Å². The third kappa shape index (κ3) is 5.03. The van der Waals surface area contributed by atoms with Gasteiger partial charge in [-0.15, -0.1) is 0 Å². The van der Waals surface area contributed by atoms with Crippen molar-refractivity contribution in [1.82, 2.24) is 5.32 Å². The Labute approximate surface area is 130 Å². The average Bonchev–Trinajstić information content (AvgIpc) is 2.51. The molecule has 0 saturated heterocycles. The highest BCUT2D eigenvalue weighted by atomic mass is 16.5. The molecule has 1 aliphatic carbocycles. The van der Waals surface area contributed by atoms with Crippen molar-refractivity contribution in [3.05, 3.63) is 29.8 Å². The van der Waals surface area contributed by atoms with Gasteiger partial charge in [0.2, 0.25) is 0 Å². The lowest BCUT2D eigenvalue weighted by Crippen LogP contribution is -2.40. The van der Waals surface area contributed by atoms with Gasteiger partial charge in [-0.25, -0.2) is 0 Å². The second kappa shape index (κ2) is 8.43. The van der Waals surface area contributed by atoms with Gasteiger partial charge in [-0.05, 0) is 61.8 Å². The van der Waals surface area contributed by atoms with Gasteiger partial charge in [0.15, 0.2) is 0 Å². The fourth-order valence-electron chi connectivity index (χ4n) is 3.64. The first-order valence-corrected chi connectivity index (χ1v) is 8.59. The van der Waals surface area contributed by atoms with Gasteiger partial charge in [-0.2, -0.15) is 0 Å². The summed E-state index contributed by atoms with van der Waals surface area (Å²) in [6.07, 6.45) is 7.90. The molecule has 1 fully saturated rings. The zero-order valence-corrected chi connectivity index (χ0v) is 13.9. The average molecular weight is 289 g/mol. The van der Waals surface area contributed by atoms with Gasteiger partial charge < -0.3 is 10.1 Å². The van der Waals surface area contributed by atoms with E-state index in [9.17, 15) is 0 Å². The zero-order valence-electron chi connectivity index (χ0n) is 13.9. The number of methoxy groups -OCH3 is 1. The molecule has 2 nitrogen and oxygen atoms in total. The highest BCUT2D eigenvalue weighted by Crippen LogP contribution is 2.32. The molecule has 3 atom stereocenters. The minimum Gasteiger partial charge on any atom is -0.497 e. The summed E-state index contributed by atoms with van der Waals surface area (Å²) in [6, 6.07) is 9.16. The van der Waals surface area contributed by atoms with Crippen molar-refractivity contribution >= 4 is 0 Å². The molecule has 0 amide bonds. The number of nitrogens with one attached hydrogen (secondary N) is 1. The number of hydrogen-bond acceptors (Lipinski definition) is 2. The quantitative estimate of drug-likeness (QED) is 0.801. The Hall–Kier alpha value is -1.02. The lowest BCUT2D eigenvalue weighted by atomic mass is 9.77. The lowest BCUT2D eigenvalue weighted by molar-refractivity contribution is 0.221. The summed E-state index contributed by atoms with van der Waals surface area (Å²) >= 11 is 0. The van der Waals surface area contributed by atoms with Crippen LogP contribution in [0.4, 0.5) is 0 Å². The molecule has 2 heteroatoms. The monoisotopic (exact) mass is 289 g/mol. The number of hydrogen-bond donors (Lipinski definition) is 1. The minimum atomic E-state index is 0.611. The van der Waals surface area contributed by atoms with E-state index < -0.39 is 0 Å². The molecular formula is C19H31NO. The van der Waals surface area contributed by atoms with E-state index in [1.54, 1.807) is 7.11 Å². The van der Waals surface area contributed by atoms with Gasteiger partial charge in [0.1, 0.15) is 5.75 Å². The van der Waals surface area contributed by atoms with Crippen LogP contribution in [0.5, 0.6) is 5.75 Å². The standard InChI is InChI=1S/C19H31NO/c1-4-11-20-19(17-9-5-7-15(2)12-17)14-16-8-6-10-18(13-16)21-3/h6,8,10,13,15,17,19-20H,4-5,7,9,11-12,14H2,1-3H3. The predicted octanol–water partition coefficient (Wildman–Crippen LogP) is 4.43. The molecule has 0 spiro atoms. The summed E-state index contributed by atoms with van der Waals surface area (Å²) < 4.78 is 5.36. The van der Waals surface area contributed by atoms with Crippen molar-refractivity contribution in [2.45, 2.75) is 58.4 Å². The van der Waals surface area contributed by atoms with Crippen LogP contribution >= 0.6 is 0 Å². The van der Waals surface area contributed by atoms with E-state index in [1.807, 2.05) is 6.07 Å². The van der Waals surface area contributed by atoms with Gasteiger partial charge in [-0.1, -0.05) is 38.8 Å². The maximum atomic E-state index is 5.36. The van der Waals surface area contributed by atoms with Gasteiger partial charge >= 0.3 is 0 Å².